The Kier molecular flexibility index (Phi) is 7.63. The first-order valence-electron chi connectivity index (χ1n) is 7.10. The Morgan fingerprint density at radius 1 is 1.43 bits per heavy atom. The molecule has 1 aromatic carbocycles. The van der Waals surface area contributed by atoms with Gasteiger partial charge < -0.3 is 10.2 Å². The second-order valence-corrected chi connectivity index (χ2v) is 6.02. The smallest absolute Gasteiger partial charge is 0.257 e. The summed E-state index contributed by atoms with van der Waals surface area (Å²) in [4.78, 5) is 14.5. The van der Waals surface area contributed by atoms with Crippen molar-refractivity contribution >= 4 is 34.2 Å². The Labute approximate surface area is 139 Å². The zero-order chi connectivity index (χ0) is 14.5. The molecule has 0 atom stereocenters. The summed E-state index contributed by atoms with van der Waals surface area (Å²) < 4.78 is 14.6. The SMILES string of the molecule is CCCN(C(=O)c1ccc(Br)cc1F)C1CCNCC1.Cl. The van der Waals surface area contributed by atoms with Crippen molar-refractivity contribution < 1.29 is 9.18 Å². The molecule has 0 saturated carbocycles. The number of nitrogens with zero attached hydrogens (tertiary/aromatic N) is 1. The first-order chi connectivity index (χ1) is 9.63. The van der Waals surface area contributed by atoms with Crippen LogP contribution in [0.2, 0.25) is 0 Å². The number of nitrogens with one attached hydrogen (secondary N) is 1. The molecule has 1 aliphatic rings. The second-order valence-electron chi connectivity index (χ2n) is 5.10. The number of piperidine rings is 1. The molecule has 6 heteroatoms. The van der Waals surface area contributed by atoms with Crippen molar-refractivity contribution in [3.05, 3.63) is 34.1 Å². The summed E-state index contributed by atoms with van der Waals surface area (Å²) in [6.07, 6.45) is 2.75. The van der Waals surface area contributed by atoms with Crippen LogP contribution in [0.25, 0.3) is 0 Å². The standard InChI is InChI=1S/C15H20BrFN2O.ClH/c1-2-9-19(12-5-7-18-8-6-12)15(20)13-4-3-11(16)10-14(13)17;/h3-4,10,12,18H,2,5-9H2,1H3;1H. The van der Waals surface area contributed by atoms with Gasteiger partial charge in [-0.25, -0.2) is 4.39 Å². The first-order valence-corrected chi connectivity index (χ1v) is 7.89. The van der Waals surface area contributed by atoms with Crippen LogP contribution in [0.3, 0.4) is 0 Å². The van der Waals surface area contributed by atoms with Gasteiger partial charge in [0.2, 0.25) is 0 Å². The molecule has 1 N–H and O–H groups in total. The first kappa shape index (κ1) is 18.4. The van der Waals surface area contributed by atoms with Crippen LogP contribution < -0.4 is 5.32 Å². The summed E-state index contributed by atoms with van der Waals surface area (Å²) >= 11 is 3.22. The molecule has 1 fully saturated rings. The average molecular weight is 380 g/mol. The molecule has 1 heterocycles. The lowest BCUT2D eigenvalue weighted by atomic mass is 10.0. The van der Waals surface area contributed by atoms with Gasteiger partial charge in [-0.05, 0) is 50.6 Å². The predicted molar refractivity (Wildman–Crippen MR) is 88.6 cm³/mol. The van der Waals surface area contributed by atoms with Crippen LogP contribution in [0.4, 0.5) is 4.39 Å². The molecule has 0 bridgehead atoms. The maximum atomic E-state index is 14.0. The lowest BCUT2D eigenvalue weighted by Gasteiger charge is -2.34. The van der Waals surface area contributed by atoms with Gasteiger partial charge in [-0.2, -0.15) is 0 Å². The zero-order valence-electron chi connectivity index (χ0n) is 12.1. The number of benzene rings is 1. The van der Waals surface area contributed by atoms with Crippen molar-refractivity contribution in [3.63, 3.8) is 0 Å². The Morgan fingerprint density at radius 2 is 2.10 bits per heavy atom. The van der Waals surface area contributed by atoms with Gasteiger partial charge in [0, 0.05) is 17.1 Å². The molecule has 0 radical (unpaired) electrons. The summed E-state index contributed by atoms with van der Waals surface area (Å²) in [5, 5.41) is 3.29. The fraction of sp³-hybridized carbons (Fsp3) is 0.533. The highest BCUT2D eigenvalue weighted by Gasteiger charge is 2.27. The lowest BCUT2D eigenvalue weighted by molar-refractivity contribution is 0.0638. The Morgan fingerprint density at radius 3 is 2.67 bits per heavy atom. The van der Waals surface area contributed by atoms with E-state index in [0.29, 0.717) is 11.0 Å². The van der Waals surface area contributed by atoms with E-state index in [0.717, 1.165) is 32.4 Å². The number of carbonyl (C=O) groups is 1. The van der Waals surface area contributed by atoms with Gasteiger partial charge in [0.1, 0.15) is 5.82 Å². The number of hydrogen-bond acceptors (Lipinski definition) is 2. The van der Waals surface area contributed by atoms with Crippen molar-refractivity contribution in [2.24, 2.45) is 0 Å². The predicted octanol–water partition coefficient (Wildman–Crippen LogP) is 3.61. The van der Waals surface area contributed by atoms with E-state index in [1.807, 2.05) is 11.8 Å². The van der Waals surface area contributed by atoms with E-state index < -0.39 is 5.82 Å². The molecule has 21 heavy (non-hydrogen) atoms. The van der Waals surface area contributed by atoms with Gasteiger partial charge in [0.25, 0.3) is 5.91 Å². The molecule has 1 aromatic rings. The van der Waals surface area contributed by atoms with Crippen LogP contribution in [0, 0.1) is 5.82 Å². The Balaban J connectivity index is 0.00000220. The number of carbonyl (C=O) groups excluding carboxylic acids is 1. The summed E-state index contributed by atoms with van der Waals surface area (Å²) in [6, 6.07) is 4.83. The average Bonchev–Trinajstić information content (AvgIpc) is 2.45. The number of halogens is 3. The molecular formula is C15H21BrClFN2O. The van der Waals surface area contributed by atoms with E-state index in [9.17, 15) is 9.18 Å². The van der Waals surface area contributed by atoms with Gasteiger partial charge >= 0.3 is 0 Å². The minimum absolute atomic E-state index is 0. The van der Waals surface area contributed by atoms with Crippen LogP contribution in [0.1, 0.15) is 36.5 Å². The summed E-state index contributed by atoms with van der Waals surface area (Å²) in [6.45, 7) is 4.56. The van der Waals surface area contributed by atoms with Crippen molar-refractivity contribution in [1.29, 1.82) is 0 Å². The highest BCUT2D eigenvalue weighted by Crippen LogP contribution is 2.20. The van der Waals surface area contributed by atoms with Crippen LogP contribution in [0.15, 0.2) is 22.7 Å². The molecule has 2 rings (SSSR count). The van der Waals surface area contributed by atoms with Crippen molar-refractivity contribution in [2.75, 3.05) is 19.6 Å². The van der Waals surface area contributed by atoms with E-state index >= 15 is 0 Å². The van der Waals surface area contributed by atoms with Crippen molar-refractivity contribution in [2.45, 2.75) is 32.2 Å². The summed E-state index contributed by atoms with van der Waals surface area (Å²) in [5.41, 5.74) is 0.167. The minimum atomic E-state index is -0.459. The lowest BCUT2D eigenvalue weighted by Crippen LogP contribution is -2.46. The highest BCUT2D eigenvalue weighted by atomic mass is 79.9. The zero-order valence-corrected chi connectivity index (χ0v) is 14.5. The summed E-state index contributed by atoms with van der Waals surface area (Å²) in [5.74, 6) is -0.650. The molecule has 0 unspecified atom stereocenters. The molecule has 1 saturated heterocycles. The Hall–Kier alpha value is -0.650. The molecule has 3 nitrogen and oxygen atoms in total. The van der Waals surface area contributed by atoms with Crippen molar-refractivity contribution in [1.82, 2.24) is 10.2 Å². The summed E-state index contributed by atoms with van der Waals surface area (Å²) in [7, 11) is 0. The maximum Gasteiger partial charge on any atom is 0.257 e. The maximum absolute atomic E-state index is 14.0. The molecule has 118 valence electrons. The molecule has 1 amide bonds. The number of rotatable bonds is 4. The second kappa shape index (κ2) is 8.71. The number of amides is 1. The quantitative estimate of drug-likeness (QED) is 0.866. The number of hydrogen-bond donors (Lipinski definition) is 1. The van der Waals surface area contributed by atoms with Crippen LogP contribution in [-0.2, 0) is 0 Å². The van der Waals surface area contributed by atoms with Gasteiger partial charge in [-0.15, -0.1) is 12.4 Å². The van der Waals surface area contributed by atoms with Gasteiger partial charge in [0.05, 0.1) is 5.56 Å². The molecule has 0 aromatic heterocycles. The third kappa shape index (κ3) is 4.66. The highest BCUT2D eigenvalue weighted by molar-refractivity contribution is 9.10. The van der Waals surface area contributed by atoms with Gasteiger partial charge in [-0.3, -0.25) is 4.79 Å². The van der Waals surface area contributed by atoms with E-state index in [2.05, 4.69) is 21.2 Å². The topological polar surface area (TPSA) is 32.3 Å². The van der Waals surface area contributed by atoms with Crippen molar-refractivity contribution in [3.8, 4) is 0 Å². The largest absolute Gasteiger partial charge is 0.335 e. The van der Waals surface area contributed by atoms with Crippen LogP contribution >= 0.6 is 28.3 Å². The van der Waals surface area contributed by atoms with E-state index in [1.165, 1.54) is 6.07 Å². The van der Waals surface area contributed by atoms with E-state index in [-0.39, 0.29) is 29.9 Å². The van der Waals surface area contributed by atoms with E-state index in [4.69, 9.17) is 0 Å². The third-order valence-electron chi connectivity index (χ3n) is 3.64. The molecule has 0 spiro atoms. The monoisotopic (exact) mass is 378 g/mol. The normalized spacial score (nSPS) is 15.4. The molecule has 0 aliphatic carbocycles. The van der Waals surface area contributed by atoms with E-state index in [1.54, 1.807) is 12.1 Å². The molecule has 1 aliphatic heterocycles. The minimum Gasteiger partial charge on any atom is -0.335 e. The third-order valence-corrected chi connectivity index (χ3v) is 4.13. The fourth-order valence-electron chi connectivity index (χ4n) is 2.63. The van der Waals surface area contributed by atoms with Gasteiger partial charge in [0.15, 0.2) is 0 Å². The van der Waals surface area contributed by atoms with Crippen LogP contribution in [-0.4, -0.2) is 36.5 Å². The van der Waals surface area contributed by atoms with Crippen LogP contribution in [0.5, 0.6) is 0 Å². The fourth-order valence-corrected chi connectivity index (χ4v) is 2.96. The Bertz CT molecular complexity index is 481. The van der Waals surface area contributed by atoms with Gasteiger partial charge in [-0.1, -0.05) is 22.9 Å². The molecular weight excluding hydrogens is 359 g/mol.